The maximum absolute atomic E-state index is 13.2. The Bertz CT molecular complexity index is 809. The maximum atomic E-state index is 13.2. The van der Waals surface area contributed by atoms with Crippen LogP contribution < -0.4 is 10.6 Å². The Balaban J connectivity index is 1.61. The Kier molecular flexibility index (Phi) is 5.59. The molecule has 2 amide bonds. The van der Waals surface area contributed by atoms with Gasteiger partial charge in [0.1, 0.15) is 5.82 Å². The molecule has 3 rings (SSSR count). The lowest BCUT2D eigenvalue weighted by molar-refractivity contribution is -0.130. The molecular weight excluding hydrogens is 343 g/mol. The minimum Gasteiger partial charge on any atom is -0.351 e. The zero-order valence-corrected chi connectivity index (χ0v) is 15.7. The van der Waals surface area contributed by atoms with Crippen molar-refractivity contribution in [3.8, 4) is 0 Å². The largest absolute Gasteiger partial charge is 0.351 e. The molecule has 1 aliphatic carbocycles. The summed E-state index contributed by atoms with van der Waals surface area (Å²) < 4.78 is 13.2. The number of rotatable bonds is 6. The van der Waals surface area contributed by atoms with Crippen molar-refractivity contribution >= 4 is 17.5 Å². The summed E-state index contributed by atoms with van der Waals surface area (Å²) in [6.07, 6.45) is 2.56. The fourth-order valence-electron chi connectivity index (χ4n) is 3.29. The average Bonchev–Trinajstić information content (AvgIpc) is 2.61. The molecule has 2 aromatic carbocycles. The van der Waals surface area contributed by atoms with Crippen molar-refractivity contribution < 1.29 is 14.0 Å². The number of hydrogen-bond acceptors (Lipinski definition) is 2. The molecule has 0 atom stereocenters. The number of nitrogens with one attached hydrogen (secondary N) is 2. The van der Waals surface area contributed by atoms with E-state index in [4.69, 9.17) is 0 Å². The topological polar surface area (TPSA) is 58.2 Å². The van der Waals surface area contributed by atoms with Gasteiger partial charge in [-0.1, -0.05) is 44.5 Å². The van der Waals surface area contributed by atoms with Gasteiger partial charge in [-0.05, 0) is 48.2 Å². The molecule has 2 N–H and O–H groups in total. The zero-order valence-electron chi connectivity index (χ0n) is 15.7. The highest BCUT2D eigenvalue weighted by Crippen LogP contribution is 2.44. The average molecular weight is 368 g/mol. The number of carbonyl (C=O) groups excluding carboxylic acids is 2. The Morgan fingerprint density at radius 3 is 2.19 bits per heavy atom. The van der Waals surface area contributed by atoms with Crippen LogP contribution in [0.25, 0.3) is 0 Å². The van der Waals surface area contributed by atoms with Crippen LogP contribution >= 0.6 is 0 Å². The molecule has 0 heterocycles. The summed E-state index contributed by atoms with van der Waals surface area (Å²) in [6.45, 7) is 4.10. The first-order valence-electron chi connectivity index (χ1n) is 9.35. The molecule has 142 valence electrons. The second-order valence-corrected chi connectivity index (χ2v) is 7.47. The van der Waals surface area contributed by atoms with E-state index < -0.39 is 5.41 Å². The normalized spacial score (nSPS) is 15.1. The Hall–Kier alpha value is -2.69. The van der Waals surface area contributed by atoms with Gasteiger partial charge < -0.3 is 10.6 Å². The fourth-order valence-corrected chi connectivity index (χ4v) is 3.29. The molecule has 0 bridgehead atoms. The molecule has 1 saturated carbocycles. The van der Waals surface area contributed by atoms with Gasteiger partial charge in [-0.2, -0.15) is 0 Å². The predicted molar refractivity (Wildman–Crippen MR) is 104 cm³/mol. The van der Waals surface area contributed by atoms with Gasteiger partial charge in [0.2, 0.25) is 11.8 Å². The van der Waals surface area contributed by atoms with Gasteiger partial charge in [0.25, 0.3) is 0 Å². The minimum absolute atomic E-state index is 0.0162. The lowest BCUT2D eigenvalue weighted by Gasteiger charge is -2.40. The van der Waals surface area contributed by atoms with E-state index in [1.54, 1.807) is 12.1 Å². The summed E-state index contributed by atoms with van der Waals surface area (Å²) in [5.74, 6) is -0.410. The van der Waals surface area contributed by atoms with E-state index in [9.17, 15) is 14.0 Å². The fraction of sp³-hybridized carbons (Fsp3) is 0.364. The van der Waals surface area contributed by atoms with Crippen LogP contribution in [0.4, 0.5) is 10.1 Å². The van der Waals surface area contributed by atoms with Gasteiger partial charge in [-0.25, -0.2) is 4.39 Å². The van der Waals surface area contributed by atoms with E-state index >= 15 is 0 Å². The number of hydrogen-bond donors (Lipinski definition) is 2. The molecule has 2 aromatic rings. The summed E-state index contributed by atoms with van der Waals surface area (Å²) >= 11 is 0. The highest BCUT2D eigenvalue weighted by atomic mass is 19.1. The number of anilines is 1. The molecular formula is C22H25FN2O2. The van der Waals surface area contributed by atoms with Gasteiger partial charge in [0.05, 0.1) is 5.41 Å². The van der Waals surface area contributed by atoms with Crippen molar-refractivity contribution in [2.75, 3.05) is 5.32 Å². The van der Waals surface area contributed by atoms with Crippen molar-refractivity contribution in [1.29, 1.82) is 0 Å². The van der Waals surface area contributed by atoms with E-state index in [1.807, 2.05) is 38.1 Å². The lowest BCUT2D eigenvalue weighted by atomic mass is 9.64. The third-order valence-corrected chi connectivity index (χ3v) is 5.24. The molecule has 1 fully saturated rings. The highest BCUT2D eigenvalue weighted by molar-refractivity contribution is 5.92. The molecule has 1 aliphatic rings. The van der Waals surface area contributed by atoms with Crippen LogP contribution in [-0.2, 0) is 21.5 Å². The van der Waals surface area contributed by atoms with Crippen LogP contribution in [0.15, 0.2) is 48.5 Å². The molecule has 4 nitrogen and oxygen atoms in total. The van der Waals surface area contributed by atoms with Gasteiger partial charge in [0.15, 0.2) is 0 Å². The number of carbonyl (C=O) groups is 2. The minimum atomic E-state index is -0.543. The van der Waals surface area contributed by atoms with Crippen molar-refractivity contribution in [3.05, 3.63) is 65.5 Å². The van der Waals surface area contributed by atoms with Crippen LogP contribution in [-0.4, -0.2) is 11.8 Å². The standard InChI is InChI=1S/C22H25FN2O2/c1-15(2)20(26)25-19-10-4-16(5-11-19)14-24-21(27)22(12-3-13-22)17-6-8-18(23)9-7-17/h4-11,15H,3,12-14H2,1-2H3,(H,24,27)(H,25,26). The molecule has 5 heteroatoms. The number of amides is 2. The van der Waals surface area contributed by atoms with E-state index in [1.165, 1.54) is 12.1 Å². The Morgan fingerprint density at radius 1 is 1.04 bits per heavy atom. The second-order valence-electron chi connectivity index (χ2n) is 7.47. The zero-order chi connectivity index (χ0) is 19.4. The second kappa shape index (κ2) is 7.91. The molecule has 0 saturated heterocycles. The molecule has 0 aliphatic heterocycles. The van der Waals surface area contributed by atoms with Gasteiger partial charge in [-0.15, -0.1) is 0 Å². The van der Waals surface area contributed by atoms with E-state index in [2.05, 4.69) is 10.6 Å². The summed E-state index contributed by atoms with van der Waals surface area (Å²) in [6, 6.07) is 13.7. The quantitative estimate of drug-likeness (QED) is 0.804. The molecule has 0 spiro atoms. The third-order valence-electron chi connectivity index (χ3n) is 5.24. The smallest absolute Gasteiger partial charge is 0.230 e. The lowest BCUT2D eigenvalue weighted by Crippen LogP contribution is -2.49. The van der Waals surface area contributed by atoms with Crippen LogP contribution in [0.2, 0.25) is 0 Å². The van der Waals surface area contributed by atoms with Crippen LogP contribution in [0, 0.1) is 11.7 Å². The van der Waals surface area contributed by atoms with E-state index in [0.717, 1.165) is 36.1 Å². The molecule has 0 aromatic heterocycles. The molecule has 0 unspecified atom stereocenters. The molecule has 0 radical (unpaired) electrons. The maximum Gasteiger partial charge on any atom is 0.230 e. The van der Waals surface area contributed by atoms with Crippen molar-refractivity contribution in [2.24, 2.45) is 5.92 Å². The first kappa shape index (κ1) is 19.1. The number of benzene rings is 2. The summed E-state index contributed by atoms with van der Waals surface area (Å²) in [7, 11) is 0. The van der Waals surface area contributed by atoms with Crippen molar-refractivity contribution in [3.63, 3.8) is 0 Å². The highest BCUT2D eigenvalue weighted by Gasteiger charge is 2.45. The first-order valence-corrected chi connectivity index (χ1v) is 9.35. The van der Waals surface area contributed by atoms with Gasteiger partial charge in [-0.3, -0.25) is 9.59 Å². The Morgan fingerprint density at radius 2 is 1.67 bits per heavy atom. The van der Waals surface area contributed by atoms with Crippen molar-refractivity contribution in [2.45, 2.75) is 45.1 Å². The first-order chi connectivity index (χ1) is 12.9. The van der Waals surface area contributed by atoms with Crippen LogP contribution in [0.3, 0.4) is 0 Å². The van der Waals surface area contributed by atoms with Gasteiger partial charge in [0, 0.05) is 18.2 Å². The van der Waals surface area contributed by atoms with Crippen LogP contribution in [0.5, 0.6) is 0 Å². The monoisotopic (exact) mass is 368 g/mol. The summed E-state index contributed by atoms with van der Waals surface area (Å²) in [5, 5.41) is 5.86. The summed E-state index contributed by atoms with van der Waals surface area (Å²) in [4.78, 5) is 24.6. The van der Waals surface area contributed by atoms with Crippen LogP contribution in [0.1, 0.15) is 44.2 Å². The summed E-state index contributed by atoms with van der Waals surface area (Å²) in [5.41, 5.74) is 2.03. The predicted octanol–water partition coefficient (Wildman–Crippen LogP) is 4.16. The van der Waals surface area contributed by atoms with E-state index in [-0.39, 0.29) is 23.5 Å². The van der Waals surface area contributed by atoms with E-state index in [0.29, 0.717) is 6.54 Å². The SMILES string of the molecule is CC(C)C(=O)Nc1ccc(CNC(=O)C2(c3ccc(F)cc3)CCC2)cc1. The van der Waals surface area contributed by atoms with Gasteiger partial charge >= 0.3 is 0 Å². The third kappa shape index (κ3) is 4.18. The van der Waals surface area contributed by atoms with Crippen molar-refractivity contribution in [1.82, 2.24) is 5.32 Å². The Labute approximate surface area is 159 Å². The number of halogens is 1. The molecule has 27 heavy (non-hydrogen) atoms.